The van der Waals surface area contributed by atoms with Gasteiger partial charge in [0.1, 0.15) is 11.8 Å². The Hall–Kier alpha value is -1.69. The van der Waals surface area contributed by atoms with E-state index in [9.17, 15) is 9.59 Å². The van der Waals surface area contributed by atoms with Gasteiger partial charge in [0.15, 0.2) is 0 Å². The number of rotatable bonds is 4. The maximum Gasteiger partial charge on any atom is 0.349 e. The molecule has 1 rings (SSSR count). The summed E-state index contributed by atoms with van der Waals surface area (Å²) in [6.07, 6.45) is 1.48. The van der Waals surface area contributed by atoms with E-state index < -0.39 is 23.7 Å². The number of aliphatic carboxylic acids is 2. The fraction of sp³-hybridized carbons (Fsp3) is 0.375. The first kappa shape index (κ1) is 10.4. The third-order valence-electron chi connectivity index (χ3n) is 1.94. The molecule has 0 aromatic carbocycles. The van der Waals surface area contributed by atoms with Crippen molar-refractivity contribution in [2.24, 2.45) is 0 Å². The Labute approximate surface area is 79.7 Å². The lowest BCUT2D eigenvalue weighted by atomic mass is 10.0. The Balaban J connectivity index is 2.65. The predicted octanol–water partition coefficient (Wildman–Crippen LogP) is -0.536. The first-order valence-corrected chi connectivity index (χ1v) is 3.98. The number of hydrogen-bond donors (Lipinski definition) is 4. The molecule has 1 aliphatic rings. The van der Waals surface area contributed by atoms with E-state index in [1.807, 2.05) is 0 Å². The molecule has 4 N–H and O–H groups in total. The highest BCUT2D eigenvalue weighted by atomic mass is 16.4. The highest BCUT2D eigenvalue weighted by Crippen LogP contribution is 2.13. The van der Waals surface area contributed by atoms with E-state index in [0.717, 1.165) is 0 Å². The fourth-order valence-corrected chi connectivity index (χ4v) is 1.26. The minimum Gasteiger partial charge on any atom is -0.480 e. The summed E-state index contributed by atoms with van der Waals surface area (Å²) in [6, 6.07) is -0.852. The van der Waals surface area contributed by atoms with Gasteiger partial charge in [-0.3, -0.25) is 15.5 Å². The van der Waals surface area contributed by atoms with Gasteiger partial charge in [-0.15, -0.1) is 0 Å². The fourth-order valence-electron chi connectivity index (χ4n) is 1.26. The average Bonchev–Trinajstić information content (AvgIpc) is 2.52. The summed E-state index contributed by atoms with van der Waals surface area (Å²) in [4.78, 5) is 21.0. The van der Waals surface area contributed by atoms with E-state index in [0.29, 0.717) is 12.1 Å². The van der Waals surface area contributed by atoms with Gasteiger partial charge in [-0.25, -0.2) is 4.79 Å². The molecule has 6 heteroatoms. The van der Waals surface area contributed by atoms with Gasteiger partial charge < -0.3 is 10.2 Å². The monoisotopic (exact) mass is 198 g/mol. The number of carboxylic acids is 2. The summed E-state index contributed by atoms with van der Waals surface area (Å²) < 4.78 is 0. The minimum atomic E-state index is -1.32. The zero-order chi connectivity index (χ0) is 10.7. The molecule has 6 nitrogen and oxygen atoms in total. The second kappa shape index (κ2) is 4.01. The molecular formula is C8H10N2O4. The largest absolute Gasteiger partial charge is 0.480 e. The van der Waals surface area contributed by atoms with Gasteiger partial charge in [0.2, 0.25) is 0 Å². The van der Waals surface area contributed by atoms with Crippen LogP contribution in [0.2, 0.25) is 0 Å². The smallest absolute Gasteiger partial charge is 0.349 e. The predicted molar refractivity (Wildman–Crippen MR) is 47.5 cm³/mol. The third kappa shape index (κ3) is 2.17. The van der Waals surface area contributed by atoms with Crippen LogP contribution in [0.1, 0.15) is 6.42 Å². The van der Waals surface area contributed by atoms with Gasteiger partial charge in [0.25, 0.3) is 0 Å². The van der Waals surface area contributed by atoms with Gasteiger partial charge in [0, 0.05) is 13.0 Å². The summed E-state index contributed by atoms with van der Waals surface area (Å²) in [5, 5.41) is 26.9. The minimum absolute atomic E-state index is 0.126. The molecule has 1 aliphatic heterocycles. The van der Waals surface area contributed by atoms with Crippen LogP contribution in [0.25, 0.3) is 0 Å². The topological polar surface area (TPSA) is 110 Å². The zero-order valence-electron chi connectivity index (χ0n) is 7.28. The van der Waals surface area contributed by atoms with Crippen molar-refractivity contribution in [3.8, 4) is 0 Å². The van der Waals surface area contributed by atoms with E-state index >= 15 is 0 Å². The van der Waals surface area contributed by atoms with Gasteiger partial charge in [-0.05, 0) is 5.57 Å². The maximum atomic E-state index is 10.6. The molecule has 0 aromatic heterocycles. The number of hydrogen-bond acceptors (Lipinski definition) is 4. The number of nitrogens with one attached hydrogen (secondary N) is 2. The molecule has 0 bridgehead atoms. The molecule has 14 heavy (non-hydrogen) atoms. The summed E-state index contributed by atoms with van der Waals surface area (Å²) in [5.41, 5.74) is -0.0592. The molecule has 0 aliphatic carbocycles. The molecule has 0 saturated carbocycles. The molecule has 0 spiro atoms. The van der Waals surface area contributed by atoms with E-state index in [4.69, 9.17) is 15.6 Å². The zero-order valence-corrected chi connectivity index (χ0v) is 7.28. The number of carboxylic acid groups (broad SMARTS) is 2. The summed E-state index contributed by atoms with van der Waals surface area (Å²) >= 11 is 0. The first-order valence-electron chi connectivity index (χ1n) is 3.98. The van der Waals surface area contributed by atoms with Crippen LogP contribution < -0.4 is 5.32 Å². The van der Waals surface area contributed by atoms with Crippen molar-refractivity contribution in [2.45, 2.75) is 12.5 Å². The van der Waals surface area contributed by atoms with Crippen molar-refractivity contribution in [1.82, 2.24) is 5.32 Å². The molecule has 0 amide bonds. The lowest BCUT2D eigenvalue weighted by Gasteiger charge is -2.09. The van der Waals surface area contributed by atoms with E-state index in [1.165, 1.54) is 0 Å². The highest BCUT2D eigenvalue weighted by molar-refractivity contribution is 6.34. The second-order valence-corrected chi connectivity index (χ2v) is 2.92. The molecular weight excluding hydrogens is 188 g/mol. The van der Waals surface area contributed by atoms with Crippen LogP contribution >= 0.6 is 0 Å². The van der Waals surface area contributed by atoms with Crippen LogP contribution in [0.4, 0.5) is 0 Å². The average molecular weight is 198 g/mol. The van der Waals surface area contributed by atoms with Gasteiger partial charge >= 0.3 is 11.9 Å². The molecule has 0 radical (unpaired) electrons. The van der Waals surface area contributed by atoms with Crippen LogP contribution in [-0.4, -0.2) is 40.4 Å². The first-order chi connectivity index (χ1) is 6.52. The second-order valence-electron chi connectivity index (χ2n) is 2.92. The molecule has 1 heterocycles. The van der Waals surface area contributed by atoms with Crippen molar-refractivity contribution in [3.05, 3.63) is 11.6 Å². The van der Waals surface area contributed by atoms with Crippen molar-refractivity contribution >= 4 is 17.7 Å². The standard InChI is InChI=1S/C8H10N2O4/c9-5(7(11)12)3-4-1-2-10-6(4)8(13)14/h1,6,9-10H,2-3H2,(H,11,12)(H,13,14). The highest BCUT2D eigenvalue weighted by Gasteiger charge is 2.27. The Kier molecular flexibility index (Phi) is 2.98. The molecule has 0 aromatic rings. The van der Waals surface area contributed by atoms with Crippen LogP contribution in [0.5, 0.6) is 0 Å². The van der Waals surface area contributed by atoms with Crippen LogP contribution in [0.15, 0.2) is 11.6 Å². The molecule has 0 saturated heterocycles. The van der Waals surface area contributed by atoms with Crippen molar-refractivity contribution < 1.29 is 19.8 Å². The molecule has 76 valence electrons. The van der Waals surface area contributed by atoms with Crippen LogP contribution in [-0.2, 0) is 9.59 Å². The van der Waals surface area contributed by atoms with Crippen molar-refractivity contribution in [2.75, 3.05) is 6.54 Å². The Morgan fingerprint density at radius 3 is 2.71 bits per heavy atom. The summed E-state index contributed by atoms with van der Waals surface area (Å²) in [5.74, 6) is -2.37. The van der Waals surface area contributed by atoms with E-state index in [1.54, 1.807) is 6.08 Å². The normalized spacial score (nSPS) is 20.3. The van der Waals surface area contributed by atoms with Gasteiger partial charge in [-0.2, -0.15) is 0 Å². The summed E-state index contributed by atoms with van der Waals surface area (Å²) in [6.45, 7) is 0.402. The third-order valence-corrected chi connectivity index (χ3v) is 1.94. The Bertz CT molecular complexity index is 321. The molecule has 1 unspecified atom stereocenters. The van der Waals surface area contributed by atoms with E-state index in [-0.39, 0.29) is 6.42 Å². The molecule has 1 atom stereocenters. The van der Waals surface area contributed by atoms with Crippen LogP contribution in [0.3, 0.4) is 0 Å². The van der Waals surface area contributed by atoms with E-state index in [2.05, 4.69) is 5.32 Å². The van der Waals surface area contributed by atoms with Crippen molar-refractivity contribution in [3.63, 3.8) is 0 Å². The summed E-state index contributed by atoms with van der Waals surface area (Å²) in [7, 11) is 0. The van der Waals surface area contributed by atoms with Crippen molar-refractivity contribution in [1.29, 1.82) is 5.41 Å². The maximum absolute atomic E-state index is 10.6. The SMILES string of the molecule is N=C(CC1=CCNC1C(=O)O)C(=O)O. The number of carbonyl (C=O) groups is 2. The molecule has 0 fully saturated rings. The van der Waals surface area contributed by atoms with Gasteiger partial charge in [-0.1, -0.05) is 6.08 Å². The van der Waals surface area contributed by atoms with Crippen LogP contribution in [0, 0.1) is 5.41 Å². The quantitative estimate of drug-likeness (QED) is 0.358. The van der Waals surface area contributed by atoms with Gasteiger partial charge in [0.05, 0.1) is 0 Å². The Morgan fingerprint density at radius 2 is 2.21 bits per heavy atom. The lowest BCUT2D eigenvalue weighted by Crippen LogP contribution is -2.34. The lowest BCUT2D eigenvalue weighted by molar-refractivity contribution is -0.138. The Morgan fingerprint density at radius 1 is 1.57 bits per heavy atom.